The van der Waals surface area contributed by atoms with Gasteiger partial charge >= 0.3 is 6.03 Å². The van der Waals surface area contributed by atoms with Crippen LogP contribution in [0.4, 0.5) is 10.6 Å². The zero-order valence-electron chi connectivity index (χ0n) is 16.2. The maximum atomic E-state index is 12.5. The van der Waals surface area contributed by atoms with Crippen LogP contribution in [-0.2, 0) is 18.2 Å². The van der Waals surface area contributed by atoms with E-state index in [1.165, 1.54) is 0 Å². The summed E-state index contributed by atoms with van der Waals surface area (Å²) in [5.74, 6) is 0.747. The number of nitrogens with one attached hydrogen (secondary N) is 2. The Kier molecular flexibility index (Phi) is 6.41. The summed E-state index contributed by atoms with van der Waals surface area (Å²) in [4.78, 5) is 19.1. The van der Waals surface area contributed by atoms with Crippen molar-refractivity contribution in [3.05, 3.63) is 41.3 Å². The Balaban J connectivity index is 1.67. The molecule has 27 heavy (non-hydrogen) atoms. The summed E-state index contributed by atoms with van der Waals surface area (Å²) < 4.78 is 7.18. The average Bonchev–Trinajstić information content (AvgIpc) is 2.96. The number of nitrogens with zero attached hydrogens (tertiary/aromatic N) is 4. The molecule has 0 bridgehead atoms. The van der Waals surface area contributed by atoms with Crippen molar-refractivity contribution in [3.63, 3.8) is 0 Å². The summed E-state index contributed by atoms with van der Waals surface area (Å²) in [6.07, 6.45) is 4.44. The third-order valence-corrected chi connectivity index (χ3v) is 4.94. The molecule has 3 heterocycles. The SMILES string of the molecule is CCc1c(C)nn(C)c1NC(=O)NCC(c1cccnc1)N1CCOCC1. The lowest BCUT2D eigenvalue weighted by atomic mass is 10.1. The predicted molar refractivity (Wildman–Crippen MR) is 104 cm³/mol. The molecule has 3 rings (SSSR count). The topological polar surface area (TPSA) is 84.3 Å². The Morgan fingerprint density at radius 2 is 2.15 bits per heavy atom. The second-order valence-electron chi connectivity index (χ2n) is 6.68. The number of hydrogen-bond acceptors (Lipinski definition) is 5. The highest BCUT2D eigenvalue weighted by Gasteiger charge is 2.23. The Hall–Kier alpha value is -2.45. The first-order valence-corrected chi connectivity index (χ1v) is 9.39. The van der Waals surface area contributed by atoms with Crippen molar-refractivity contribution in [2.24, 2.45) is 7.05 Å². The average molecular weight is 372 g/mol. The molecule has 2 aromatic rings. The first-order valence-electron chi connectivity index (χ1n) is 9.39. The fraction of sp³-hybridized carbons (Fsp3) is 0.526. The van der Waals surface area contributed by atoms with Gasteiger partial charge in [0.1, 0.15) is 5.82 Å². The Bertz CT molecular complexity index is 755. The monoisotopic (exact) mass is 372 g/mol. The first kappa shape index (κ1) is 19.3. The summed E-state index contributed by atoms with van der Waals surface area (Å²) >= 11 is 0. The standard InChI is InChI=1S/C19H28N6O2/c1-4-16-14(2)23-24(3)18(16)22-19(26)21-13-17(15-6-5-7-20-12-15)25-8-10-27-11-9-25/h5-7,12,17H,4,8-11,13H2,1-3H3,(H2,21,22,26). The molecule has 8 heteroatoms. The molecule has 1 aliphatic rings. The van der Waals surface area contributed by atoms with Gasteiger partial charge in [0.2, 0.25) is 0 Å². The molecule has 2 N–H and O–H groups in total. The van der Waals surface area contributed by atoms with Gasteiger partial charge in [-0.15, -0.1) is 0 Å². The highest BCUT2D eigenvalue weighted by molar-refractivity contribution is 5.89. The van der Waals surface area contributed by atoms with Crippen molar-refractivity contribution in [3.8, 4) is 0 Å². The van der Waals surface area contributed by atoms with Crippen LogP contribution in [0, 0.1) is 6.92 Å². The molecule has 1 fully saturated rings. The summed E-state index contributed by atoms with van der Waals surface area (Å²) in [7, 11) is 1.84. The molecule has 0 saturated carbocycles. The summed E-state index contributed by atoms with van der Waals surface area (Å²) in [6.45, 7) is 7.60. The van der Waals surface area contributed by atoms with Crippen molar-refractivity contribution < 1.29 is 9.53 Å². The third kappa shape index (κ3) is 4.64. The fourth-order valence-electron chi connectivity index (χ4n) is 3.54. The lowest BCUT2D eigenvalue weighted by Crippen LogP contribution is -2.44. The second-order valence-corrected chi connectivity index (χ2v) is 6.68. The molecule has 1 aliphatic heterocycles. The first-order chi connectivity index (χ1) is 13.1. The van der Waals surface area contributed by atoms with Gasteiger partial charge in [0.05, 0.1) is 24.9 Å². The number of pyridine rings is 1. The van der Waals surface area contributed by atoms with Crippen LogP contribution in [0.1, 0.15) is 29.8 Å². The van der Waals surface area contributed by atoms with Gasteiger partial charge in [-0.3, -0.25) is 19.9 Å². The number of carbonyl (C=O) groups excluding carboxylic acids is 1. The molecule has 1 unspecified atom stereocenters. The number of anilines is 1. The molecule has 0 radical (unpaired) electrons. The minimum atomic E-state index is -0.227. The lowest BCUT2D eigenvalue weighted by Gasteiger charge is -2.34. The summed E-state index contributed by atoms with van der Waals surface area (Å²) in [5.41, 5.74) is 3.09. The number of rotatable bonds is 6. The number of aromatic nitrogens is 3. The third-order valence-electron chi connectivity index (χ3n) is 4.94. The van der Waals surface area contributed by atoms with E-state index in [2.05, 4.69) is 32.5 Å². The molecule has 0 spiro atoms. The zero-order valence-corrected chi connectivity index (χ0v) is 16.2. The Morgan fingerprint density at radius 1 is 1.37 bits per heavy atom. The van der Waals surface area contributed by atoms with Gasteiger partial charge in [-0.1, -0.05) is 13.0 Å². The molecular formula is C19H28N6O2. The predicted octanol–water partition coefficient (Wildman–Crippen LogP) is 1.88. The van der Waals surface area contributed by atoms with E-state index in [0.717, 1.165) is 42.1 Å². The van der Waals surface area contributed by atoms with Crippen molar-refractivity contribution in [1.82, 2.24) is 25.0 Å². The largest absolute Gasteiger partial charge is 0.379 e. The molecular weight excluding hydrogens is 344 g/mol. The van der Waals surface area contributed by atoms with Crippen LogP contribution in [0.2, 0.25) is 0 Å². The minimum absolute atomic E-state index is 0.0623. The van der Waals surface area contributed by atoms with Gasteiger partial charge in [-0.2, -0.15) is 5.10 Å². The quantitative estimate of drug-likeness (QED) is 0.809. The maximum absolute atomic E-state index is 12.5. The fourth-order valence-corrected chi connectivity index (χ4v) is 3.54. The van der Waals surface area contributed by atoms with E-state index in [1.54, 1.807) is 10.9 Å². The summed E-state index contributed by atoms with van der Waals surface area (Å²) in [5, 5.41) is 10.4. The van der Waals surface area contributed by atoms with Crippen molar-refractivity contribution in [2.75, 3.05) is 38.2 Å². The molecule has 1 saturated heterocycles. The van der Waals surface area contributed by atoms with Gasteiger partial charge in [0.25, 0.3) is 0 Å². The molecule has 0 aliphatic carbocycles. The molecule has 146 valence electrons. The Morgan fingerprint density at radius 3 is 2.81 bits per heavy atom. The van der Waals surface area contributed by atoms with E-state index in [-0.39, 0.29) is 12.1 Å². The van der Waals surface area contributed by atoms with Crippen molar-refractivity contribution in [2.45, 2.75) is 26.3 Å². The highest BCUT2D eigenvalue weighted by Crippen LogP contribution is 2.21. The van der Waals surface area contributed by atoms with Crippen LogP contribution >= 0.6 is 0 Å². The number of morpholine rings is 1. The number of urea groups is 1. The van der Waals surface area contributed by atoms with Crippen LogP contribution < -0.4 is 10.6 Å². The van der Waals surface area contributed by atoms with Crippen LogP contribution in [0.3, 0.4) is 0 Å². The number of hydrogen-bond donors (Lipinski definition) is 2. The lowest BCUT2D eigenvalue weighted by molar-refractivity contribution is 0.0167. The van der Waals surface area contributed by atoms with E-state index in [9.17, 15) is 4.79 Å². The molecule has 2 amide bonds. The molecule has 0 aromatic carbocycles. The normalized spacial score (nSPS) is 16.1. The van der Waals surface area contributed by atoms with Crippen LogP contribution in [0.5, 0.6) is 0 Å². The molecule has 2 aromatic heterocycles. The van der Waals surface area contributed by atoms with E-state index >= 15 is 0 Å². The number of amides is 2. The zero-order chi connectivity index (χ0) is 19.2. The number of ether oxygens (including phenoxy) is 1. The van der Waals surface area contributed by atoms with Gasteiger partial charge < -0.3 is 10.1 Å². The number of carbonyl (C=O) groups is 1. The van der Waals surface area contributed by atoms with E-state index < -0.39 is 0 Å². The Labute approximate surface area is 159 Å². The minimum Gasteiger partial charge on any atom is -0.379 e. The smallest absolute Gasteiger partial charge is 0.320 e. The second kappa shape index (κ2) is 8.96. The van der Waals surface area contributed by atoms with Gasteiger partial charge in [-0.05, 0) is 25.0 Å². The van der Waals surface area contributed by atoms with E-state index in [0.29, 0.717) is 19.8 Å². The molecule has 8 nitrogen and oxygen atoms in total. The maximum Gasteiger partial charge on any atom is 0.320 e. The highest BCUT2D eigenvalue weighted by atomic mass is 16.5. The van der Waals surface area contributed by atoms with Crippen molar-refractivity contribution in [1.29, 1.82) is 0 Å². The summed E-state index contributed by atoms with van der Waals surface area (Å²) in [6, 6.07) is 3.81. The van der Waals surface area contributed by atoms with Gasteiger partial charge in [-0.25, -0.2) is 4.79 Å². The molecule has 1 atom stereocenters. The van der Waals surface area contributed by atoms with Crippen molar-refractivity contribution >= 4 is 11.8 Å². The van der Waals surface area contributed by atoms with Gasteiger partial charge in [0.15, 0.2) is 0 Å². The van der Waals surface area contributed by atoms with Crippen LogP contribution in [0.15, 0.2) is 24.5 Å². The van der Waals surface area contributed by atoms with Crippen LogP contribution in [0.25, 0.3) is 0 Å². The van der Waals surface area contributed by atoms with Crippen LogP contribution in [-0.4, -0.2) is 58.5 Å². The van der Waals surface area contributed by atoms with Gasteiger partial charge in [0, 0.05) is 44.6 Å². The van der Waals surface area contributed by atoms with E-state index in [1.807, 2.05) is 32.3 Å². The van der Waals surface area contributed by atoms with E-state index in [4.69, 9.17) is 4.74 Å². The number of aryl methyl sites for hydroxylation is 2.